The van der Waals surface area contributed by atoms with Crippen LogP contribution in [-0.4, -0.2) is 16.0 Å². The largest absolute Gasteiger partial charge is 0.457 e. The number of carbonyl (C=O) groups excluding carboxylic acids is 1. The normalized spacial score (nSPS) is 11.4. The molecule has 0 saturated heterocycles. The van der Waals surface area contributed by atoms with Crippen LogP contribution in [0.2, 0.25) is 15.1 Å². The van der Waals surface area contributed by atoms with Crippen LogP contribution >= 0.6 is 47.0 Å². The first kappa shape index (κ1) is 27.9. The van der Waals surface area contributed by atoms with E-state index < -0.39 is 5.91 Å². The lowest BCUT2D eigenvalue weighted by Gasteiger charge is -2.09. The minimum Gasteiger partial charge on any atom is -0.457 e. The Morgan fingerprint density at radius 2 is 1.75 bits per heavy atom. The van der Waals surface area contributed by atoms with Crippen molar-refractivity contribution < 1.29 is 13.6 Å². The van der Waals surface area contributed by atoms with Gasteiger partial charge in [-0.25, -0.2) is 4.98 Å². The zero-order valence-electron chi connectivity index (χ0n) is 21.3. The van der Waals surface area contributed by atoms with Gasteiger partial charge in [-0.15, -0.1) is 0 Å². The number of aromatic nitrogens is 1. The number of amides is 1. The lowest BCUT2D eigenvalue weighted by molar-refractivity contribution is -0.115. The summed E-state index contributed by atoms with van der Waals surface area (Å²) in [6.45, 7) is 4.25. The Labute approximate surface area is 250 Å². The number of anilines is 1. The molecule has 0 atom stereocenters. The number of rotatable bonds is 6. The molecule has 2 N–H and O–H groups in total. The maximum absolute atomic E-state index is 12.5. The van der Waals surface area contributed by atoms with E-state index in [-0.39, 0.29) is 5.11 Å². The number of carbonyl (C=O) groups is 1. The van der Waals surface area contributed by atoms with E-state index in [9.17, 15) is 4.79 Å². The third-order valence-electron chi connectivity index (χ3n) is 5.99. The van der Waals surface area contributed by atoms with E-state index in [0.717, 1.165) is 5.52 Å². The molecule has 10 heteroatoms. The monoisotopic (exact) mass is 609 g/mol. The van der Waals surface area contributed by atoms with E-state index in [4.69, 9.17) is 55.9 Å². The van der Waals surface area contributed by atoms with Crippen molar-refractivity contribution >= 4 is 80.9 Å². The summed E-state index contributed by atoms with van der Waals surface area (Å²) >= 11 is 24.0. The molecule has 1 amide bonds. The number of halogens is 3. The van der Waals surface area contributed by atoms with Crippen LogP contribution < -0.4 is 10.6 Å². The van der Waals surface area contributed by atoms with Gasteiger partial charge >= 0.3 is 0 Å². The Kier molecular flexibility index (Phi) is 8.28. The first-order valence-corrected chi connectivity index (χ1v) is 13.8. The Hall–Kier alpha value is -3.62. The summed E-state index contributed by atoms with van der Waals surface area (Å²) < 4.78 is 11.7. The summed E-state index contributed by atoms with van der Waals surface area (Å²) in [5, 5.41) is 7.17. The van der Waals surface area contributed by atoms with Crippen molar-refractivity contribution in [1.82, 2.24) is 10.3 Å². The minimum absolute atomic E-state index is 0.107. The number of nitrogens with zero attached hydrogens (tertiary/aromatic N) is 1. The van der Waals surface area contributed by atoms with Gasteiger partial charge in [0.1, 0.15) is 17.0 Å². The van der Waals surface area contributed by atoms with Crippen molar-refractivity contribution in [3.05, 3.63) is 99.2 Å². The minimum atomic E-state index is -0.436. The van der Waals surface area contributed by atoms with Crippen LogP contribution in [0, 0.1) is 0 Å². The van der Waals surface area contributed by atoms with Crippen molar-refractivity contribution in [2.75, 3.05) is 5.32 Å². The van der Waals surface area contributed by atoms with Crippen LogP contribution in [0.1, 0.15) is 31.1 Å². The topological polar surface area (TPSA) is 80.3 Å². The highest BCUT2D eigenvalue weighted by Gasteiger charge is 2.15. The van der Waals surface area contributed by atoms with Crippen molar-refractivity contribution in [2.24, 2.45) is 0 Å². The molecule has 3 aromatic carbocycles. The van der Waals surface area contributed by atoms with Gasteiger partial charge in [-0.2, -0.15) is 0 Å². The average Bonchev–Trinajstić information content (AvgIpc) is 3.55. The highest BCUT2D eigenvalue weighted by atomic mass is 35.5. The Morgan fingerprint density at radius 3 is 2.52 bits per heavy atom. The first-order valence-electron chi connectivity index (χ1n) is 12.2. The van der Waals surface area contributed by atoms with E-state index >= 15 is 0 Å². The summed E-state index contributed by atoms with van der Waals surface area (Å²) in [5.41, 5.74) is 4.49. The molecule has 5 aromatic rings. The fourth-order valence-electron chi connectivity index (χ4n) is 3.94. The Morgan fingerprint density at radius 1 is 0.925 bits per heavy atom. The van der Waals surface area contributed by atoms with Crippen LogP contribution in [0.3, 0.4) is 0 Å². The first-order chi connectivity index (χ1) is 19.2. The number of furan rings is 1. The summed E-state index contributed by atoms with van der Waals surface area (Å²) in [4.78, 5) is 17.1. The summed E-state index contributed by atoms with van der Waals surface area (Å²) in [7, 11) is 0. The van der Waals surface area contributed by atoms with Gasteiger partial charge in [0.15, 0.2) is 10.7 Å². The third-order valence-corrected chi connectivity index (χ3v) is 7.07. The summed E-state index contributed by atoms with van der Waals surface area (Å²) in [6.07, 6.45) is 2.85. The van der Waals surface area contributed by atoms with E-state index in [0.29, 0.717) is 60.8 Å². The van der Waals surface area contributed by atoms with Gasteiger partial charge in [0.2, 0.25) is 11.8 Å². The number of hydrogen-bond acceptors (Lipinski definition) is 5. The SMILES string of the molecule is CC(C)c1ccc2oc(-c3cc(NC(=S)NC(=O)/C=C/c4ccc(-c5ccc(Cl)cc5Cl)o4)ccc3Cl)nc2c1. The molecule has 0 radical (unpaired) electrons. The van der Waals surface area contributed by atoms with Crippen molar-refractivity contribution in [2.45, 2.75) is 19.8 Å². The van der Waals surface area contributed by atoms with Gasteiger partial charge in [-0.1, -0.05) is 54.7 Å². The molecule has 0 fully saturated rings. The number of benzene rings is 3. The molecule has 5 rings (SSSR count). The summed E-state index contributed by atoms with van der Waals surface area (Å²) in [5.74, 6) is 1.35. The maximum atomic E-state index is 12.5. The molecule has 6 nitrogen and oxygen atoms in total. The molecule has 2 heterocycles. The smallest absolute Gasteiger partial charge is 0.250 e. The molecule has 0 bridgehead atoms. The zero-order valence-corrected chi connectivity index (χ0v) is 24.4. The number of thiocarbonyl (C=S) groups is 1. The van der Waals surface area contributed by atoms with Gasteiger partial charge in [0.25, 0.3) is 0 Å². The molecule has 0 aliphatic carbocycles. The standard InChI is InChI=1S/C30H22Cl3N3O3S/c1-16(2)17-3-10-27-25(13-17)35-29(39-27)22-15-19(5-9-23(22)32)34-30(40)36-28(37)12-7-20-6-11-26(38-20)21-8-4-18(31)14-24(21)33/h3-16H,1-2H3,(H2,34,36,37,40)/b12-7+. The molecule has 0 saturated carbocycles. The lowest BCUT2D eigenvalue weighted by atomic mass is 10.0. The van der Waals surface area contributed by atoms with Gasteiger partial charge < -0.3 is 14.2 Å². The highest BCUT2D eigenvalue weighted by Crippen LogP contribution is 2.34. The molecule has 0 aliphatic heterocycles. The van der Waals surface area contributed by atoms with Gasteiger partial charge in [-0.3, -0.25) is 10.1 Å². The van der Waals surface area contributed by atoms with E-state index in [1.165, 1.54) is 17.7 Å². The molecule has 0 spiro atoms. The van der Waals surface area contributed by atoms with Crippen molar-refractivity contribution in [1.29, 1.82) is 0 Å². The fourth-order valence-corrected chi connectivity index (χ4v) is 4.85. The molecule has 0 unspecified atom stereocenters. The highest BCUT2D eigenvalue weighted by molar-refractivity contribution is 7.80. The Bertz CT molecular complexity index is 1770. The molecule has 40 heavy (non-hydrogen) atoms. The molecular formula is C30H22Cl3N3O3S. The summed E-state index contributed by atoms with van der Waals surface area (Å²) in [6, 6.07) is 19.8. The molecule has 202 valence electrons. The number of hydrogen-bond donors (Lipinski definition) is 2. The number of oxazole rings is 1. The van der Waals surface area contributed by atoms with Crippen LogP contribution in [0.5, 0.6) is 0 Å². The van der Waals surface area contributed by atoms with Gasteiger partial charge in [0.05, 0.1) is 15.6 Å². The Balaban J connectivity index is 1.24. The van der Waals surface area contributed by atoms with Crippen LogP contribution in [0.25, 0.3) is 40.0 Å². The van der Waals surface area contributed by atoms with Gasteiger partial charge in [0, 0.05) is 22.3 Å². The number of fused-ring (bicyclic) bond motifs is 1. The number of nitrogens with one attached hydrogen (secondary N) is 2. The quantitative estimate of drug-likeness (QED) is 0.147. The van der Waals surface area contributed by atoms with Crippen LogP contribution in [-0.2, 0) is 4.79 Å². The fraction of sp³-hybridized carbons (Fsp3) is 0.100. The van der Waals surface area contributed by atoms with Crippen molar-refractivity contribution in [3.63, 3.8) is 0 Å². The predicted molar refractivity (Wildman–Crippen MR) is 166 cm³/mol. The maximum Gasteiger partial charge on any atom is 0.250 e. The van der Waals surface area contributed by atoms with Crippen LogP contribution in [0.15, 0.2) is 81.6 Å². The van der Waals surface area contributed by atoms with Gasteiger partial charge in [-0.05, 0) is 90.4 Å². The average molecular weight is 611 g/mol. The van der Waals surface area contributed by atoms with E-state index in [1.54, 1.807) is 48.5 Å². The predicted octanol–water partition coefficient (Wildman–Crippen LogP) is 9.36. The second-order valence-electron chi connectivity index (χ2n) is 9.20. The third kappa shape index (κ3) is 6.40. The molecular weight excluding hydrogens is 589 g/mol. The van der Waals surface area contributed by atoms with Crippen molar-refractivity contribution in [3.8, 4) is 22.8 Å². The molecule has 2 aromatic heterocycles. The second-order valence-corrected chi connectivity index (χ2v) is 10.9. The lowest BCUT2D eigenvalue weighted by Crippen LogP contribution is -2.32. The van der Waals surface area contributed by atoms with E-state index in [2.05, 4.69) is 29.5 Å². The zero-order chi connectivity index (χ0) is 28.4. The second kappa shape index (κ2) is 11.9. The molecule has 0 aliphatic rings. The van der Waals surface area contributed by atoms with Crippen LogP contribution in [0.4, 0.5) is 5.69 Å². The van der Waals surface area contributed by atoms with E-state index in [1.807, 2.05) is 18.2 Å².